The highest BCUT2D eigenvalue weighted by molar-refractivity contribution is 6.39. The lowest BCUT2D eigenvalue weighted by Crippen LogP contribution is -2.32. The molecule has 0 aliphatic heterocycles. The second kappa shape index (κ2) is 6.95. The minimum atomic E-state index is -0.833. The van der Waals surface area contributed by atoms with Crippen molar-refractivity contribution in [2.24, 2.45) is 5.10 Å². The van der Waals surface area contributed by atoms with Crippen LogP contribution in [0.5, 0.6) is 0 Å². The van der Waals surface area contributed by atoms with E-state index in [9.17, 15) is 9.59 Å². The van der Waals surface area contributed by atoms with E-state index in [1.807, 2.05) is 19.1 Å². The van der Waals surface area contributed by atoms with Gasteiger partial charge in [0.1, 0.15) is 0 Å². The van der Waals surface area contributed by atoms with Crippen molar-refractivity contribution in [2.45, 2.75) is 6.92 Å². The van der Waals surface area contributed by atoms with E-state index in [4.69, 9.17) is 0 Å². The molecule has 0 atom stereocenters. The number of hydrogen-bond donors (Lipinski definition) is 2. The molecule has 0 saturated carbocycles. The van der Waals surface area contributed by atoms with Crippen LogP contribution in [0.3, 0.4) is 0 Å². The molecule has 2 aromatic rings. The van der Waals surface area contributed by atoms with Crippen LogP contribution in [0.4, 0.5) is 5.69 Å². The van der Waals surface area contributed by atoms with Crippen molar-refractivity contribution in [3.8, 4) is 0 Å². The van der Waals surface area contributed by atoms with Gasteiger partial charge < -0.3 is 5.32 Å². The van der Waals surface area contributed by atoms with Crippen molar-refractivity contribution in [3.63, 3.8) is 0 Å². The Bertz CT molecular complexity index is 651. The highest BCUT2D eigenvalue weighted by Gasteiger charge is 2.12. The Kier molecular flexibility index (Phi) is 4.76. The number of amides is 2. The molecule has 1 aromatic carbocycles. The van der Waals surface area contributed by atoms with Gasteiger partial charge in [0.05, 0.1) is 6.21 Å². The van der Waals surface area contributed by atoms with Crippen molar-refractivity contribution in [1.82, 2.24) is 10.4 Å². The van der Waals surface area contributed by atoms with Gasteiger partial charge >= 0.3 is 11.8 Å². The fourth-order valence-electron chi connectivity index (χ4n) is 1.49. The van der Waals surface area contributed by atoms with Crippen LogP contribution in [-0.2, 0) is 9.59 Å². The van der Waals surface area contributed by atoms with Crippen LogP contribution in [0.15, 0.2) is 53.9 Å². The zero-order valence-corrected chi connectivity index (χ0v) is 11.4. The van der Waals surface area contributed by atoms with E-state index >= 15 is 0 Å². The number of carbonyl (C=O) groups excluding carboxylic acids is 2. The van der Waals surface area contributed by atoms with Crippen molar-refractivity contribution in [1.29, 1.82) is 0 Å². The number of carbonyl (C=O) groups is 2. The number of pyridine rings is 1. The largest absolute Gasteiger partial charge is 0.329 e. The first-order chi connectivity index (χ1) is 10.1. The number of nitrogens with zero attached hydrogens (tertiary/aromatic N) is 2. The van der Waals surface area contributed by atoms with Gasteiger partial charge in [-0.2, -0.15) is 5.10 Å². The molecule has 6 heteroatoms. The Hall–Kier alpha value is -3.02. The third kappa shape index (κ3) is 4.54. The summed E-state index contributed by atoms with van der Waals surface area (Å²) < 4.78 is 0. The van der Waals surface area contributed by atoms with Gasteiger partial charge in [0.2, 0.25) is 0 Å². The SMILES string of the molecule is Cc1ccc(NC(=O)C(=O)N/N=C/c2ccncc2)cc1. The highest BCUT2D eigenvalue weighted by atomic mass is 16.2. The smallest absolute Gasteiger partial charge is 0.318 e. The standard InChI is InChI=1S/C15H14N4O2/c1-11-2-4-13(5-3-11)18-14(20)15(21)19-17-10-12-6-8-16-9-7-12/h2-10H,1H3,(H,18,20)(H,19,21)/b17-10+. The molecule has 1 aromatic heterocycles. The van der Waals surface area contributed by atoms with Gasteiger partial charge in [-0.1, -0.05) is 17.7 Å². The van der Waals surface area contributed by atoms with E-state index in [0.29, 0.717) is 5.69 Å². The first-order valence-electron chi connectivity index (χ1n) is 6.26. The monoisotopic (exact) mass is 282 g/mol. The van der Waals surface area contributed by atoms with Gasteiger partial charge in [0.25, 0.3) is 0 Å². The summed E-state index contributed by atoms with van der Waals surface area (Å²) in [5.41, 5.74) is 4.55. The summed E-state index contributed by atoms with van der Waals surface area (Å²) >= 11 is 0. The average molecular weight is 282 g/mol. The van der Waals surface area contributed by atoms with Crippen LogP contribution in [-0.4, -0.2) is 23.0 Å². The maximum Gasteiger partial charge on any atom is 0.329 e. The molecular formula is C15H14N4O2. The van der Waals surface area contributed by atoms with E-state index in [1.54, 1.807) is 36.7 Å². The summed E-state index contributed by atoms with van der Waals surface area (Å²) in [6.45, 7) is 1.94. The van der Waals surface area contributed by atoms with Gasteiger partial charge in [0, 0.05) is 18.1 Å². The second-order valence-electron chi connectivity index (χ2n) is 4.30. The third-order valence-electron chi connectivity index (χ3n) is 2.60. The zero-order chi connectivity index (χ0) is 15.1. The number of rotatable bonds is 3. The quantitative estimate of drug-likeness (QED) is 0.508. The Morgan fingerprint density at radius 2 is 1.71 bits per heavy atom. The number of nitrogens with one attached hydrogen (secondary N) is 2. The molecule has 2 N–H and O–H groups in total. The van der Waals surface area contributed by atoms with Crippen LogP contribution in [0.1, 0.15) is 11.1 Å². The lowest BCUT2D eigenvalue weighted by atomic mass is 10.2. The predicted octanol–water partition coefficient (Wildman–Crippen LogP) is 1.48. The van der Waals surface area contributed by atoms with Crippen molar-refractivity contribution in [2.75, 3.05) is 5.32 Å². The van der Waals surface area contributed by atoms with E-state index in [-0.39, 0.29) is 0 Å². The first kappa shape index (κ1) is 14.4. The van der Waals surface area contributed by atoms with E-state index in [0.717, 1.165) is 11.1 Å². The third-order valence-corrected chi connectivity index (χ3v) is 2.60. The van der Waals surface area contributed by atoms with Crippen LogP contribution in [0.2, 0.25) is 0 Å². The van der Waals surface area contributed by atoms with Gasteiger partial charge in [-0.15, -0.1) is 0 Å². The van der Waals surface area contributed by atoms with Crippen LogP contribution < -0.4 is 10.7 Å². The molecule has 6 nitrogen and oxygen atoms in total. The number of aryl methyl sites for hydroxylation is 1. The topological polar surface area (TPSA) is 83.5 Å². The molecule has 21 heavy (non-hydrogen) atoms. The zero-order valence-electron chi connectivity index (χ0n) is 11.4. The Morgan fingerprint density at radius 3 is 2.38 bits per heavy atom. The first-order valence-corrected chi connectivity index (χ1v) is 6.26. The van der Waals surface area contributed by atoms with Crippen molar-refractivity contribution in [3.05, 3.63) is 59.9 Å². The van der Waals surface area contributed by atoms with Gasteiger partial charge in [-0.3, -0.25) is 14.6 Å². The molecule has 2 amide bonds. The lowest BCUT2D eigenvalue weighted by molar-refractivity contribution is -0.136. The molecule has 0 bridgehead atoms. The van der Waals surface area contributed by atoms with Crippen LogP contribution >= 0.6 is 0 Å². The second-order valence-corrected chi connectivity index (χ2v) is 4.30. The Labute approximate surface area is 121 Å². The van der Waals surface area contributed by atoms with Crippen LogP contribution in [0, 0.1) is 6.92 Å². The number of hydrogen-bond acceptors (Lipinski definition) is 4. The Balaban J connectivity index is 1.87. The van der Waals surface area contributed by atoms with Crippen molar-refractivity contribution >= 4 is 23.7 Å². The van der Waals surface area contributed by atoms with Crippen LogP contribution in [0.25, 0.3) is 0 Å². The van der Waals surface area contributed by atoms with Crippen molar-refractivity contribution < 1.29 is 9.59 Å². The molecule has 0 fully saturated rings. The molecule has 106 valence electrons. The summed E-state index contributed by atoms with van der Waals surface area (Å²) in [5, 5.41) is 6.19. The molecule has 2 rings (SSSR count). The van der Waals surface area contributed by atoms with Gasteiger partial charge in [0.15, 0.2) is 0 Å². The number of hydrazone groups is 1. The van der Waals surface area contributed by atoms with Gasteiger partial charge in [-0.05, 0) is 36.8 Å². The summed E-state index contributed by atoms with van der Waals surface area (Å²) in [6, 6.07) is 10.6. The average Bonchev–Trinajstić information content (AvgIpc) is 2.50. The minimum absolute atomic E-state index is 0.555. The molecule has 1 heterocycles. The molecule has 0 aliphatic carbocycles. The summed E-state index contributed by atoms with van der Waals surface area (Å²) in [7, 11) is 0. The van der Waals surface area contributed by atoms with E-state index in [2.05, 4.69) is 20.8 Å². The van der Waals surface area contributed by atoms with E-state index in [1.165, 1.54) is 6.21 Å². The number of aromatic nitrogens is 1. The predicted molar refractivity (Wildman–Crippen MR) is 79.8 cm³/mol. The highest BCUT2D eigenvalue weighted by Crippen LogP contribution is 2.08. The Morgan fingerprint density at radius 1 is 1.05 bits per heavy atom. The fourth-order valence-corrected chi connectivity index (χ4v) is 1.49. The molecule has 0 spiro atoms. The number of anilines is 1. The molecule has 0 aliphatic rings. The summed E-state index contributed by atoms with van der Waals surface area (Å²) in [5.74, 6) is -1.60. The normalized spacial score (nSPS) is 10.3. The number of benzene rings is 1. The molecule has 0 saturated heterocycles. The molecule has 0 radical (unpaired) electrons. The molecular weight excluding hydrogens is 268 g/mol. The summed E-state index contributed by atoms with van der Waals surface area (Å²) in [4.78, 5) is 27.0. The maximum atomic E-state index is 11.6. The summed E-state index contributed by atoms with van der Waals surface area (Å²) in [6.07, 6.45) is 4.64. The fraction of sp³-hybridized carbons (Fsp3) is 0.0667. The molecule has 0 unspecified atom stereocenters. The van der Waals surface area contributed by atoms with E-state index < -0.39 is 11.8 Å². The van der Waals surface area contributed by atoms with Gasteiger partial charge in [-0.25, -0.2) is 5.43 Å². The maximum absolute atomic E-state index is 11.6. The lowest BCUT2D eigenvalue weighted by Gasteiger charge is -2.03. The minimum Gasteiger partial charge on any atom is -0.318 e.